The quantitative estimate of drug-likeness (QED) is 0.298. The normalized spacial score (nSPS) is 15.1. The van der Waals surface area contributed by atoms with Gasteiger partial charge in [0.15, 0.2) is 5.69 Å². The Kier molecular flexibility index (Phi) is 8.25. The molecule has 3 aromatic rings. The number of aliphatic hydroxyl groups is 1. The van der Waals surface area contributed by atoms with Crippen molar-refractivity contribution in [3.63, 3.8) is 0 Å². The Bertz CT molecular complexity index is 1380. The number of amides is 5. The molecule has 0 radical (unpaired) electrons. The van der Waals surface area contributed by atoms with Gasteiger partial charge in [-0.1, -0.05) is 0 Å². The fourth-order valence-electron chi connectivity index (χ4n) is 3.68. The van der Waals surface area contributed by atoms with Gasteiger partial charge >= 0.3 is 18.2 Å². The Morgan fingerprint density at radius 1 is 1.15 bits per heavy atom. The molecule has 0 unspecified atom stereocenters. The first-order chi connectivity index (χ1) is 18.5. The van der Waals surface area contributed by atoms with Gasteiger partial charge in [-0.25, -0.2) is 25.0 Å². The second-order valence-electron chi connectivity index (χ2n) is 8.37. The summed E-state index contributed by atoms with van der Waals surface area (Å²) < 4.78 is 39.7. The number of aromatic nitrogens is 3. The fourth-order valence-corrected chi connectivity index (χ4v) is 4.54. The van der Waals surface area contributed by atoms with Crippen LogP contribution < -0.4 is 21.5 Å². The number of likely N-dealkylation sites (tertiary alicyclic amines) is 1. The molecule has 5 amide bonds. The summed E-state index contributed by atoms with van der Waals surface area (Å²) >= 11 is 0.753. The lowest BCUT2D eigenvalue weighted by Crippen LogP contribution is -2.48. The van der Waals surface area contributed by atoms with Crippen molar-refractivity contribution in [2.75, 3.05) is 25.0 Å². The van der Waals surface area contributed by atoms with Gasteiger partial charge in [-0.2, -0.15) is 13.2 Å². The number of nitrogens with zero attached hydrogens (tertiary/aromatic N) is 4. The van der Waals surface area contributed by atoms with Crippen LogP contribution in [-0.2, 0) is 6.18 Å². The third-order valence-electron chi connectivity index (χ3n) is 5.55. The summed E-state index contributed by atoms with van der Waals surface area (Å²) in [7, 11) is 0. The van der Waals surface area contributed by atoms with Crippen molar-refractivity contribution >= 4 is 35.1 Å². The standard InChI is InChI=1S/C23H23F3N8O4S/c1-2-28-21(37)31-18-6-15(20-30-17(11-39-20)23(24,25)26)16(9-29-18)12-5-13(8-27-7-12)19(36)32-33-22(38)34-4-3-14(35)10-34/h5-9,11,14,35H,2-4,10H2,1H3,(H,32,36)(H,33,38)(H2,28,29,31,37)/t14-/m1/s1. The molecule has 3 aromatic heterocycles. The second kappa shape index (κ2) is 11.6. The largest absolute Gasteiger partial charge is 0.434 e. The lowest BCUT2D eigenvalue weighted by atomic mass is 10.0. The molecule has 16 heteroatoms. The number of pyridine rings is 2. The minimum Gasteiger partial charge on any atom is -0.391 e. The average Bonchev–Trinajstić information content (AvgIpc) is 3.57. The Balaban J connectivity index is 1.61. The maximum Gasteiger partial charge on any atom is 0.434 e. The molecular formula is C23H23F3N8O4S. The summed E-state index contributed by atoms with van der Waals surface area (Å²) in [6.45, 7) is 2.55. The molecule has 206 valence electrons. The summed E-state index contributed by atoms with van der Waals surface area (Å²) in [5.41, 5.74) is 4.36. The lowest BCUT2D eigenvalue weighted by molar-refractivity contribution is -0.140. The summed E-state index contributed by atoms with van der Waals surface area (Å²) in [5.74, 6) is -0.629. The predicted molar refractivity (Wildman–Crippen MR) is 134 cm³/mol. The van der Waals surface area contributed by atoms with Crippen molar-refractivity contribution in [1.29, 1.82) is 0 Å². The van der Waals surface area contributed by atoms with E-state index in [0.29, 0.717) is 30.6 Å². The predicted octanol–water partition coefficient (Wildman–Crippen LogP) is 2.85. The van der Waals surface area contributed by atoms with E-state index in [1.807, 2.05) is 0 Å². The van der Waals surface area contributed by atoms with E-state index in [4.69, 9.17) is 0 Å². The van der Waals surface area contributed by atoms with Crippen molar-refractivity contribution in [1.82, 2.24) is 36.0 Å². The number of carbonyl (C=O) groups excluding carboxylic acids is 3. The first-order valence-corrected chi connectivity index (χ1v) is 12.5. The maximum atomic E-state index is 13.2. The van der Waals surface area contributed by atoms with E-state index in [1.54, 1.807) is 6.92 Å². The van der Waals surface area contributed by atoms with Crippen LogP contribution in [0.3, 0.4) is 0 Å². The molecule has 39 heavy (non-hydrogen) atoms. The number of aliphatic hydroxyl groups excluding tert-OH is 1. The van der Waals surface area contributed by atoms with Crippen LogP contribution in [-0.4, -0.2) is 68.7 Å². The van der Waals surface area contributed by atoms with Crippen molar-refractivity contribution < 1.29 is 32.7 Å². The number of hydrogen-bond donors (Lipinski definition) is 5. The van der Waals surface area contributed by atoms with Gasteiger partial charge in [-0.15, -0.1) is 11.3 Å². The van der Waals surface area contributed by atoms with Crippen molar-refractivity contribution in [2.45, 2.75) is 25.6 Å². The molecule has 1 fully saturated rings. The molecule has 1 saturated heterocycles. The highest BCUT2D eigenvalue weighted by Crippen LogP contribution is 2.38. The first kappa shape index (κ1) is 27.7. The third kappa shape index (κ3) is 6.77. The number of carbonyl (C=O) groups is 3. The second-order valence-corrected chi connectivity index (χ2v) is 9.23. The summed E-state index contributed by atoms with van der Waals surface area (Å²) in [4.78, 5) is 50.1. The van der Waals surface area contributed by atoms with Crippen LogP contribution in [0, 0.1) is 0 Å². The van der Waals surface area contributed by atoms with Gasteiger partial charge < -0.3 is 15.3 Å². The SMILES string of the molecule is CCNC(=O)Nc1cc(-c2nc(C(F)(F)F)cs2)c(-c2cncc(C(=O)NNC(=O)N3CC[C@@H](O)C3)c2)cn1. The van der Waals surface area contributed by atoms with Crippen LogP contribution in [0.5, 0.6) is 0 Å². The van der Waals surface area contributed by atoms with Crippen molar-refractivity contribution in [2.24, 2.45) is 0 Å². The molecule has 1 atom stereocenters. The molecule has 0 saturated carbocycles. The van der Waals surface area contributed by atoms with Gasteiger partial charge in [0.05, 0.1) is 11.7 Å². The Labute approximate surface area is 223 Å². The van der Waals surface area contributed by atoms with Crippen LogP contribution in [0.25, 0.3) is 21.7 Å². The topological polar surface area (TPSA) is 161 Å². The smallest absolute Gasteiger partial charge is 0.391 e. The van der Waals surface area contributed by atoms with Crippen molar-refractivity contribution in [3.8, 4) is 21.7 Å². The first-order valence-electron chi connectivity index (χ1n) is 11.6. The number of hydrogen-bond acceptors (Lipinski definition) is 8. The van der Waals surface area contributed by atoms with Gasteiger partial charge in [0.2, 0.25) is 0 Å². The van der Waals surface area contributed by atoms with Gasteiger partial charge in [0.1, 0.15) is 10.8 Å². The van der Waals surface area contributed by atoms with E-state index in [0.717, 1.165) is 16.7 Å². The lowest BCUT2D eigenvalue weighted by Gasteiger charge is -2.17. The highest BCUT2D eigenvalue weighted by atomic mass is 32.1. The Morgan fingerprint density at radius 2 is 1.95 bits per heavy atom. The van der Waals surface area contributed by atoms with Gasteiger partial charge in [-0.05, 0) is 25.5 Å². The van der Waals surface area contributed by atoms with E-state index in [1.165, 1.54) is 35.6 Å². The highest BCUT2D eigenvalue weighted by Gasteiger charge is 2.34. The number of nitrogens with one attached hydrogen (secondary N) is 4. The molecule has 12 nitrogen and oxygen atoms in total. The minimum atomic E-state index is -4.65. The monoisotopic (exact) mass is 564 g/mol. The zero-order valence-corrected chi connectivity index (χ0v) is 21.2. The maximum absolute atomic E-state index is 13.2. The molecule has 1 aliphatic heterocycles. The molecule has 0 aliphatic carbocycles. The number of hydrazine groups is 1. The van der Waals surface area contributed by atoms with Crippen LogP contribution in [0.15, 0.2) is 36.1 Å². The highest BCUT2D eigenvalue weighted by molar-refractivity contribution is 7.13. The summed E-state index contributed by atoms with van der Waals surface area (Å²) in [6.07, 6.45) is -0.885. The van der Waals surface area contributed by atoms with Crippen LogP contribution in [0.4, 0.5) is 28.6 Å². The zero-order valence-electron chi connectivity index (χ0n) is 20.4. The van der Waals surface area contributed by atoms with Crippen LogP contribution >= 0.6 is 11.3 Å². The van der Waals surface area contributed by atoms with Crippen molar-refractivity contribution in [3.05, 3.63) is 47.4 Å². The number of rotatable bonds is 5. The van der Waals surface area contributed by atoms with E-state index in [2.05, 4.69) is 36.4 Å². The molecular weight excluding hydrogens is 541 g/mol. The molecule has 5 N–H and O–H groups in total. The molecule has 0 bridgehead atoms. The van der Waals surface area contributed by atoms with Gasteiger partial charge in [-0.3, -0.25) is 20.5 Å². The minimum absolute atomic E-state index is 0.00796. The van der Waals surface area contributed by atoms with Crippen LogP contribution in [0.1, 0.15) is 29.4 Å². The Morgan fingerprint density at radius 3 is 2.62 bits per heavy atom. The number of thiazole rings is 1. The summed E-state index contributed by atoms with van der Waals surface area (Å²) in [6, 6.07) is 1.66. The molecule has 0 aromatic carbocycles. The van der Waals surface area contributed by atoms with E-state index >= 15 is 0 Å². The number of halogens is 3. The van der Waals surface area contributed by atoms with E-state index < -0.39 is 35.9 Å². The van der Waals surface area contributed by atoms with Gasteiger partial charge in [0.25, 0.3) is 5.91 Å². The summed E-state index contributed by atoms with van der Waals surface area (Å²) in [5, 5.41) is 15.5. The van der Waals surface area contributed by atoms with Crippen LogP contribution in [0.2, 0.25) is 0 Å². The molecule has 4 rings (SSSR count). The van der Waals surface area contributed by atoms with Gasteiger partial charge in [0, 0.05) is 60.3 Å². The number of urea groups is 2. The molecule has 1 aliphatic rings. The number of alkyl halides is 3. The fraction of sp³-hybridized carbons (Fsp3) is 0.304. The average molecular weight is 565 g/mol. The molecule has 0 spiro atoms. The number of anilines is 1. The number of β-amino-alcohol motifs (C(OH)–C–C–N with tert-alkyl or cyclic N) is 1. The third-order valence-corrected chi connectivity index (χ3v) is 6.43. The van der Waals surface area contributed by atoms with E-state index in [9.17, 15) is 32.7 Å². The Hall–Kier alpha value is -4.31. The zero-order chi connectivity index (χ0) is 28.2. The van der Waals surface area contributed by atoms with E-state index in [-0.39, 0.29) is 28.5 Å². The molecule has 4 heterocycles.